The Morgan fingerprint density at radius 3 is 2.56 bits per heavy atom. The number of fused-ring (bicyclic) bond motifs is 5. The number of hydrogen-bond acceptors (Lipinski definition) is 9. The number of esters is 1. The molecule has 0 aliphatic carbocycles. The van der Waals surface area contributed by atoms with Gasteiger partial charge in [0.05, 0.1) is 31.1 Å². The zero-order chi connectivity index (χ0) is 40.1. The van der Waals surface area contributed by atoms with Gasteiger partial charge in [-0.1, -0.05) is 66.2 Å². The van der Waals surface area contributed by atoms with Crippen LogP contribution in [-0.4, -0.2) is 87.5 Å². The Hall–Kier alpha value is -4.34. The van der Waals surface area contributed by atoms with Crippen LogP contribution >= 0.6 is 35.0 Å². The zero-order valence-electron chi connectivity index (χ0n) is 31.9. The largest absolute Gasteiger partial charge is 0.464 e. The number of unbranched alkanes of at least 4 members (excludes halogenated alkanes) is 5. The number of aromatic nitrogens is 3. The summed E-state index contributed by atoms with van der Waals surface area (Å²) in [5.41, 5.74) is 0.911. The van der Waals surface area contributed by atoms with Gasteiger partial charge in [-0.05, 0) is 74.1 Å². The third kappa shape index (κ3) is 8.90. The van der Waals surface area contributed by atoms with E-state index in [9.17, 15) is 24.0 Å². The van der Waals surface area contributed by atoms with E-state index in [-0.39, 0.29) is 73.8 Å². The van der Waals surface area contributed by atoms with E-state index in [1.54, 1.807) is 39.9 Å². The zero-order valence-corrected chi connectivity index (χ0v) is 34.2. The summed E-state index contributed by atoms with van der Waals surface area (Å²) in [6.45, 7) is 2.64. The predicted octanol–water partition coefficient (Wildman–Crippen LogP) is 5.89. The van der Waals surface area contributed by atoms with Crippen LogP contribution in [0.1, 0.15) is 100 Å². The van der Waals surface area contributed by atoms with Crippen LogP contribution in [0.5, 0.6) is 0 Å². The van der Waals surface area contributed by atoms with Crippen molar-refractivity contribution >= 4 is 76.2 Å². The van der Waals surface area contributed by atoms with E-state index >= 15 is 0 Å². The summed E-state index contributed by atoms with van der Waals surface area (Å²) >= 11 is 14.5. The Morgan fingerprint density at radius 2 is 1.74 bits per heavy atom. The van der Waals surface area contributed by atoms with Gasteiger partial charge in [-0.3, -0.25) is 19.2 Å². The van der Waals surface area contributed by atoms with Crippen molar-refractivity contribution in [3.8, 4) is 0 Å². The van der Waals surface area contributed by atoms with Crippen molar-refractivity contribution in [2.24, 2.45) is 0 Å². The highest BCUT2D eigenvalue weighted by Gasteiger charge is 2.58. The van der Waals surface area contributed by atoms with E-state index in [0.29, 0.717) is 57.4 Å². The minimum absolute atomic E-state index is 0.0159. The Labute approximate surface area is 345 Å². The van der Waals surface area contributed by atoms with Crippen LogP contribution in [0.4, 0.5) is 16.3 Å². The van der Waals surface area contributed by atoms with Crippen LogP contribution in [-0.2, 0) is 29.3 Å². The number of ether oxygens (including phenoxy) is 1. The molecule has 0 unspecified atom stereocenters. The molecule has 57 heavy (non-hydrogen) atoms. The van der Waals surface area contributed by atoms with Gasteiger partial charge in [0.1, 0.15) is 17.7 Å². The van der Waals surface area contributed by atoms with Gasteiger partial charge in [-0.15, -0.1) is 5.10 Å². The summed E-state index contributed by atoms with van der Waals surface area (Å²) < 4.78 is 7.17. The highest BCUT2D eigenvalue weighted by atomic mass is 35.5. The number of halogens is 2. The molecular weight excluding hydrogens is 791 g/mol. The number of carbonyl (C=O) groups excluding carboxylic acids is 5. The Bertz CT molecular complexity index is 2000. The van der Waals surface area contributed by atoms with E-state index in [1.165, 1.54) is 0 Å². The first-order valence-corrected chi connectivity index (χ1v) is 21.6. The Morgan fingerprint density at radius 1 is 0.982 bits per heavy atom. The van der Waals surface area contributed by atoms with Crippen molar-refractivity contribution in [2.75, 3.05) is 35.7 Å². The molecule has 1 aromatic heterocycles. The molecule has 4 aliphatic rings. The number of nitrogens with one attached hydrogen (secondary N) is 4. The van der Waals surface area contributed by atoms with Crippen LogP contribution in [0, 0.1) is 0 Å². The summed E-state index contributed by atoms with van der Waals surface area (Å²) in [6.07, 6.45) is 7.72. The molecule has 0 radical (unpaired) electrons. The number of nitrogens with zero attached hydrogens (tertiary/aromatic N) is 4. The number of amides is 5. The van der Waals surface area contributed by atoms with Crippen molar-refractivity contribution in [3.05, 3.63) is 69.3 Å². The van der Waals surface area contributed by atoms with Gasteiger partial charge >= 0.3 is 12.0 Å². The standard InChI is InChI=1S/C40H48Cl2N8O6S/c1-24(25-12-14-26(41)15-13-25)50-37-36(47-48-50)40(22-33(52)45-37)28-21-27(42)16-17-30(28)49(38(40)54)19-20-56-34(53)11-5-3-2-4-8-18-43-32(51)10-7-6-9-31-35-29(23-57-31)44-39(55)46-35/h12-17,21,24,29,31,35H,2-11,18-20,22-23H2,1H3,(H,43,51)(H,45,52)(H2,44,46,55)/t24-,29-,31-,35-,40-/m0/s1. The van der Waals surface area contributed by atoms with E-state index in [0.717, 1.165) is 56.3 Å². The van der Waals surface area contributed by atoms with E-state index < -0.39 is 5.41 Å². The summed E-state index contributed by atoms with van der Waals surface area (Å²) in [6, 6.07) is 12.5. The van der Waals surface area contributed by atoms with Gasteiger partial charge in [-0.2, -0.15) is 11.8 Å². The molecule has 4 N–H and O–H groups in total. The normalized spacial score (nSPS) is 22.4. The van der Waals surface area contributed by atoms with Crippen molar-refractivity contribution in [3.63, 3.8) is 0 Å². The molecule has 5 amide bonds. The Balaban J connectivity index is 0.822. The molecule has 3 aromatic rings. The lowest BCUT2D eigenvalue weighted by Gasteiger charge is -2.31. The lowest BCUT2D eigenvalue weighted by molar-refractivity contribution is -0.143. The molecule has 0 bridgehead atoms. The first-order chi connectivity index (χ1) is 27.5. The van der Waals surface area contributed by atoms with Crippen LogP contribution in [0.3, 0.4) is 0 Å². The first kappa shape index (κ1) is 40.8. The van der Waals surface area contributed by atoms with Gasteiger partial charge in [0.15, 0.2) is 5.82 Å². The average molecular weight is 840 g/mol. The number of thioether (sulfide) groups is 1. The molecule has 4 aliphatic heterocycles. The summed E-state index contributed by atoms with van der Waals surface area (Å²) in [4.78, 5) is 65.8. The topological polar surface area (TPSA) is 177 Å². The molecule has 5 heterocycles. The SMILES string of the molecule is C[C@@H](c1ccc(Cl)cc1)n1nnc2c1NC(=O)C[C@@]21C(=O)N(CCOC(=O)CCCCCCCNC(=O)CCCC[C@@H]2SC[C@@H]3NC(=O)N[C@@H]32)c2ccc(Cl)cc21. The smallest absolute Gasteiger partial charge is 0.315 e. The van der Waals surface area contributed by atoms with Gasteiger partial charge in [0.2, 0.25) is 17.7 Å². The second-order valence-electron chi connectivity index (χ2n) is 15.2. The predicted molar refractivity (Wildman–Crippen MR) is 219 cm³/mol. The first-order valence-electron chi connectivity index (χ1n) is 19.8. The number of hydrogen-bond donors (Lipinski definition) is 4. The van der Waals surface area contributed by atoms with E-state index in [2.05, 4.69) is 31.6 Å². The fourth-order valence-electron chi connectivity index (χ4n) is 8.35. The monoisotopic (exact) mass is 838 g/mol. The molecule has 304 valence electrons. The third-order valence-corrected chi connectivity index (χ3v) is 13.4. The lowest BCUT2D eigenvalue weighted by atomic mass is 9.73. The number of rotatable bonds is 18. The fraction of sp³-hybridized carbons (Fsp3) is 0.525. The van der Waals surface area contributed by atoms with Crippen molar-refractivity contribution < 1.29 is 28.7 Å². The summed E-state index contributed by atoms with van der Waals surface area (Å²) in [5, 5.41) is 22.2. The highest BCUT2D eigenvalue weighted by Crippen LogP contribution is 2.52. The molecular formula is C40H48Cl2N8O6S. The molecule has 2 fully saturated rings. The maximum atomic E-state index is 14.5. The fourth-order valence-corrected chi connectivity index (χ4v) is 10.2. The number of urea groups is 1. The van der Waals surface area contributed by atoms with E-state index in [1.807, 2.05) is 30.8 Å². The van der Waals surface area contributed by atoms with Gasteiger partial charge in [0, 0.05) is 46.1 Å². The van der Waals surface area contributed by atoms with Gasteiger partial charge in [-0.25, -0.2) is 9.48 Å². The minimum atomic E-state index is -1.45. The van der Waals surface area contributed by atoms with Crippen LogP contribution in [0.15, 0.2) is 42.5 Å². The van der Waals surface area contributed by atoms with Gasteiger partial charge < -0.3 is 30.9 Å². The summed E-state index contributed by atoms with van der Waals surface area (Å²) in [7, 11) is 0. The molecule has 0 saturated carbocycles. The maximum Gasteiger partial charge on any atom is 0.315 e. The van der Waals surface area contributed by atoms with Crippen LogP contribution < -0.4 is 26.2 Å². The molecule has 17 heteroatoms. The molecule has 1 spiro atoms. The average Bonchev–Trinajstić information content (AvgIpc) is 3.94. The van der Waals surface area contributed by atoms with Crippen LogP contribution in [0.2, 0.25) is 10.0 Å². The quantitative estimate of drug-likeness (QED) is 0.0691. The molecule has 7 rings (SSSR count). The maximum absolute atomic E-state index is 14.5. The van der Waals surface area contributed by atoms with Crippen molar-refractivity contribution in [2.45, 2.75) is 106 Å². The lowest BCUT2D eigenvalue weighted by Crippen LogP contribution is -2.47. The van der Waals surface area contributed by atoms with Crippen molar-refractivity contribution in [1.82, 2.24) is 30.9 Å². The minimum Gasteiger partial charge on any atom is -0.464 e. The van der Waals surface area contributed by atoms with Crippen molar-refractivity contribution in [1.29, 1.82) is 0 Å². The molecule has 2 aromatic carbocycles. The molecule has 5 atom stereocenters. The van der Waals surface area contributed by atoms with Gasteiger partial charge in [0.25, 0.3) is 0 Å². The highest BCUT2D eigenvalue weighted by molar-refractivity contribution is 8.00. The van der Waals surface area contributed by atoms with E-state index in [4.69, 9.17) is 27.9 Å². The second-order valence-corrected chi connectivity index (χ2v) is 17.3. The summed E-state index contributed by atoms with van der Waals surface area (Å²) in [5.74, 6) is 0.306. The number of benzene rings is 2. The Kier molecular flexibility index (Phi) is 12.9. The van der Waals surface area contributed by atoms with Crippen LogP contribution in [0.25, 0.3) is 0 Å². The number of carbonyl (C=O) groups is 5. The number of anilines is 2. The molecule has 14 nitrogen and oxygen atoms in total. The third-order valence-electron chi connectivity index (χ3n) is 11.4. The second kappa shape index (κ2) is 18.1. The molecule has 2 saturated heterocycles.